The third kappa shape index (κ3) is 6.01. The van der Waals surface area contributed by atoms with Crippen molar-refractivity contribution >= 4 is 17.5 Å². The lowest BCUT2D eigenvalue weighted by atomic mass is 10.1. The maximum Gasteiger partial charge on any atom is 0.229 e. The first-order valence-corrected chi connectivity index (χ1v) is 9.67. The van der Waals surface area contributed by atoms with Crippen molar-refractivity contribution in [3.63, 3.8) is 0 Å². The van der Waals surface area contributed by atoms with Gasteiger partial charge >= 0.3 is 0 Å². The first kappa shape index (κ1) is 20.3. The zero-order valence-electron chi connectivity index (χ0n) is 16.6. The Kier molecular flexibility index (Phi) is 7.11. The maximum atomic E-state index is 13.1. The van der Waals surface area contributed by atoms with Crippen LogP contribution in [0.25, 0.3) is 0 Å². The Hall–Kier alpha value is -3.47. The van der Waals surface area contributed by atoms with Crippen LogP contribution in [0.1, 0.15) is 24.5 Å². The summed E-state index contributed by atoms with van der Waals surface area (Å²) >= 11 is 0. The van der Waals surface area contributed by atoms with Crippen molar-refractivity contribution in [1.82, 2.24) is 9.88 Å². The molecule has 0 bridgehead atoms. The molecule has 0 unspecified atom stereocenters. The third-order valence-corrected chi connectivity index (χ3v) is 4.72. The predicted molar refractivity (Wildman–Crippen MR) is 114 cm³/mol. The first-order chi connectivity index (χ1) is 14.1. The Balaban J connectivity index is 1.70. The summed E-state index contributed by atoms with van der Waals surface area (Å²) in [6, 6.07) is 23.3. The second-order valence-corrected chi connectivity index (χ2v) is 6.85. The van der Waals surface area contributed by atoms with Gasteiger partial charge in [-0.15, -0.1) is 0 Å². The molecule has 148 valence electrons. The van der Waals surface area contributed by atoms with Crippen LogP contribution in [-0.2, 0) is 22.7 Å². The van der Waals surface area contributed by atoms with Crippen LogP contribution in [0.3, 0.4) is 0 Å². The van der Waals surface area contributed by atoms with Crippen LogP contribution in [0, 0.1) is 0 Å². The number of carbonyl (C=O) groups is 2. The molecule has 0 aliphatic carbocycles. The lowest BCUT2D eigenvalue weighted by Crippen LogP contribution is -2.36. The molecule has 2 aromatic carbocycles. The summed E-state index contributed by atoms with van der Waals surface area (Å²) in [5.74, 6) is -0.0648. The molecule has 0 fully saturated rings. The number of carbonyl (C=O) groups excluding carboxylic acids is 2. The number of pyridine rings is 1. The summed E-state index contributed by atoms with van der Waals surface area (Å²) in [6.07, 6.45) is 3.66. The monoisotopic (exact) mass is 387 g/mol. The van der Waals surface area contributed by atoms with E-state index < -0.39 is 0 Å². The van der Waals surface area contributed by atoms with Crippen molar-refractivity contribution in [2.45, 2.75) is 26.4 Å². The van der Waals surface area contributed by atoms with Gasteiger partial charge in [0.1, 0.15) is 0 Å². The number of aromatic nitrogens is 1. The largest absolute Gasteiger partial charge is 0.338 e. The number of nitrogens with zero attached hydrogens (tertiary/aromatic N) is 3. The van der Waals surface area contributed by atoms with Crippen LogP contribution in [-0.4, -0.2) is 28.2 Å². The fourth-order valence-electron chi connectivity index (χ4n) is 3.12. The van der Waals surface area contributed by atoms with Crippen molar-refractivity contribution in [2.75, 3.05) is 11.4 Å². The Labute approximate surface area is 171 Å². The van der Waals surface area contributed by atoms with E-state index >= 15 is 0 Å². The number of rotatable bonds is 8. The molecule has 0 aliphatic heterocycles. The standard InChI is InChI=1S/C24H25N3O2/c1-20(28)26(18-22-12-15-25-16-13-22)17-14-24(29)27(23-10-6-3-7-11-23)19-21-8-4-2-5-9-21/h2-13,15-16H,14,17-19H2,1H3. The minimum absolute atomic E-state index is 0.0129. The lowest BCUT2D eigenvalue weighted by Gasteiger charge is -2.26. The van der Waals surface area contributed by atoms with Gasteiger partial charge in [-0.3, -0.25) is 14.6 Å². The highest BCUT2D eigenvalue weighted by Gasteiger charge is 2.18. The highest BCUT2D eigenvalue weighted by atomic mass is 16.2. The van der Waals surface area contributed by atoms with Crippen LogP contribution in [0.5, 0.6) is 0 Å². The highest BCUT2D eigenvalue weighted by molar-refractivity contribution is 5.93. The van der Waals surface area contributed by atoms with Crippen LogP contribution in [0.4, 0.5) is 5.69 Å². The maximum absolute atomic E-state index is 13.1. The van der Waals surface area contributed by atoms with Crippen molar-refractivity contribution in [3.05, 3.63) is 96.3 Å². The molecule has 0 radical (unpaired) electrons. The van der Waals surface area contributed by atoms with E-state index in [0.717, 1.165) is 16.8 Å². The smallest absolute Gasteiger partial charge is 0.229 e. The summed E-state index contributed by atoms with van der Waals surface area (Å²) in [7, 11) is 0. The van der Waals surface area contributed by atoms with E-state index in [1.165, 1.54) is 6.92 Å². The zero-order chi connectivity index (χ0) is 20.5. The molecule has 0 N–H and O–H groups in total. The first-order valence-electron chi connectivity index (χ1n) is 9.67. The van der Waals surface area contributed by atoms with Crippen molar-refractivity contribution in [1.29, 1.82) is 0 Å². The van der Waals surface area contributed by atoms with Crippen LogP contribution >= 0.6 is 0 Å². The number of amides is 2. The fourth-order valence-corrected chi connectivity index (χ4v) is 3.12. The molecule has 3 rings (SSSR count). The van der Waals surface area contributed by atoms with Crippen molar-refractivity contribution < 1.29 is 9.59 Å². The van der Waals surface area contributed by atoms with E-state index in [9.17, 15) is 9.59 Å². The number of benzene rings is 2. The molecule has 5 heteroatoms. The van der Waals surface area contributed by atoms with E-state index in [1.54, 1.807) is 22.2 Å². The molecule has 29 heavy (non-hydrogen) atoms. The van der Waals surface area contributed by atoms with E-state index in [4.69, 9.17) is 0 Å². The molecule has 1 aromatic heterocycles. The minimum Gasteiger partial charge on any atom is -0.338 e. The molecule has 0 spiro atoms. The SMILES string of the molecule is CC(=O)N(CCC(=O)N(Cc1ccccc1)c1ccccc1)Cc1ccncc1. The van der Waals surface area contributed by atoms with Crippen LogP contribution in [0.15, 0.2) is 85.2 Å². The number of anilines is 1. The molecule has 0 atom stereocenters. The fraction of sp³-hybridized carbons (Fsp3) is 0.208. The van der Waals surface area contributed by atoms with Gasteiger partial charge in [0, 0.05) is 44.5 Å². The quantitative estimate of drug-likeness (QED) is 0.586. The van der Waals surface area contributed by atoms with E-state index in [1.807, 2.05) is 72.8 Å². The van der Waals surface area contributed by atoms with E-state index in [0.29, 0.717) is 19.6 Å². The van der Waals surface area contributed by atoms with E-state index in [-0.39, 0.29) is 18.2 Å². The molecule has 3 aromatic rings. The number of hydrogen-bond donors (Lipinski definition) is 0. The van der Waals surface area contributed by atoms with Crippen molar-refractivity contribution in [2.24, 2.45) is 0 Å². The normalized spacial score (nSPS) is 10.4. The van der Waals surface area contributed by atoms with Gasteiger partial charge in [0.05, 0.1) is 6.54 Å². The van der Waals surface area contributed by atoms with Gasteiger partial charge in [-0.1, -0.05) is 48.5 Å². The van der Waals surface area contributed by atoms with Gasteiger partial charge in [0.2, 0.25) is 11.8 Å². The highest BCUT2D eigenvalue weighted by Crippen LogP contribution is 2.18. The molecule has 0 saturated carbocycles. The van der Waals surface area contributed by atoms with Gasteiger partial charge in [-0.2, -0.15) is 0 Å². The summed E-state index contributed by atoms with van der Waals surface area (Å²) in [5, 5.41) is 0. The average molecular weight is 387 g/mol. The number of hydrogen-bond acceptors (Lipinski definition) is 3. The topological polar surface area (TPSA) is 53.5 Å². The minimum atomic E-state index is -0.0519. The average Bonchev–Trinajstić information content (AvgIpc) is 2.76. The van der Waals surface area contributed by atoms with Crippen LogP contribution in [0.2, 0.25) is 0 Å². The van der Waals surface area contributed by atoms with Gasteiger partial charge in [0.25, 0.3) is 0 Å². The van der Waals surface area contributed by atoms with Gasteiger partial charge in [-0.05, 0) is 35.4 Å². The summed E-state index contributed by atoms with van der Waals surface area (Å²) < 4.78 is 0. The summed E-state index contributed by atoms with van der Waals surface area (Å²) in [6.45, 7) is 2.86. The van der Waals surface area contributed by atoms with Gasteiger partial charge < -0.3 is 9.80 Å². The molecule has 1 heterocycles. The second kappa shape index (κ2) is 10.2. The lowest BCUT2D eigenvalue weighted by molar-refractivity contribution is -0.130. The Morgan fingerprint density at radius 2 is 1.38 bits per heavy atom. The van der Waals surface area contributed by atoms with Crippen LogP contribution < -0.4 is 4.90 Å². The zero-order valence-corrected chi connectivity index (χ0v) is 16.6. The second-order valence-electron chi connectivity index (χ2n) is 6.85. The summed E-state index contributed by atoms with van der Waals surface area (Å²) in [5.41, 5.74) is 2.90. The number of para-hydroxylation sites is 1. The molecule has 2 amide bonds. The van der Waals surface area contributed by atoms with Gasteiger partial charge in [0.15, 0.2) is 0 Å². The van der Waals surface area contributed by atoms with E-state index in [2.05, 4.69) is 4.98 Å². The molecule has 0 saturated heterocycles. The Morgan fingerprint density at radius 1 is 0.793 bits per heavy atom. The Bertz CT molecular complexity index is 915. The third-order valence-electron chi connectivity index (χ3n) is 4.72. The predicted octanol–water partition coefficient (Wildman–Crippen LogP) is 4.05. The molecule has 0 aliphatic rings. The molecular weight excluding hydrogens is 362 g/mol. The Morgan fingerprint density at radius 3 is 2.00 bits per heavy atom. The molecular formula is C24H25N3O2. The molecule has 5 nitrogen and oxygen atoms in total. The van der Waals surface area contributed by atoms with Gasteiger partial charge in [-0.25, -0.2) is 0 Å². The summed E-state index contributed by atoms with van der Waals surface area (Å²) in [4.78, 5) is 32.7. The van der Waals surface area contributed by atoms with Crippen molar-refractivity contribution in [3.8, 4) is 0 Å².